The molecule has 0 aliphatic heterocycles. The van der Waals surface area contributed by atoms with E-state index in [0.717, 1.165) is 11.3 Å². The quantitative estimate of drug-likeness (QED) is 0.709. The minimum atomic E-state index is 0.676. The van der Waals surface area contributed by atoms with Crippen LogP contribution in [0.5, 0.6) is 0 Å². The van der Waals surface area contributed by atoms with Crippen LogP contribution in [-0.4, -0.2) is 4.98 Å². The fraction of sp³-hybridized carbons (Fsp3) is 0.0909. The van der Waals surface area contributed by atoms with Crippen molar-refractivity contribution in [3.05, 3.63) is 40.2 Å². The van der Waals surface area contributed by atoms with Crippen molar-refractivity contribution in [2.24, 2.45) is 0 Å². The van der Waals surface area contributed by atoms with Crippen LogP contribution in [0.4, 0.5) is 0 Å². The maximum Gasteiger partial charge on any atom is 0.132 e. The van der Waals surface area contributed by atoms with E-state index < -0.39 is 0 Å². The van der Waals surface area contributed by atoms with E-state index in [-0.39, 0.29) is 0 Å². The summed E-state index contributed by atoms with van der Waals surface area (Å²) in [7, 11) is 0. The SMILES string of the molecule is Cc1cccc(-c2ncsc2C#N)c1. The normalized spacial score (nSPS) is 9.71. The van der Waals surface area contributed by atoms with E-state index in [2.05, 4.69) is 11.1 Å². The summed E-state index contributed by atoms with van der Waals surface area (Å²) in [5, 5.41) is 8.86. The van der Waals surface area contributed by atoms with Crippen LogP contribution >= 0.6 is 11.3 Å². The Balaban J connectivity index is 2.56. The van der Waals surface area contributed by atoms with Gasteiger partial charge in [0, 0.05) is 5.56 Å². The number of thiazole rings is 1. The first-order valence-electron chi connectivity index (χ1n) is 4.22. The van der Waals surface area contributed by atoms with Crippen molar-refractivity contribution in [2.75, 3.05) is 0 Å². The highest BCUT2D eigenvalue weighted by atomic mass is 32.1. The lowest BCUT2D eigenvalue weighted by atomic mass is 10.1. The largest absolute Gasteiger partial charge is 0.243 e. The fourth-order valence-corrected chi connectivity index (χ4v) is 1.92. The van der Waals surface area contributed by atoms with Gasteiger partial charge in [0.2, 0.25) is 0 Å². The number of nitriles is 1. The van der Waals surface area contributed by atoms with E-state index in [1.54, 1.807) is 5.51 Å². The van der Waals surface area contributed by atoms with Gasteiger partial charge in [-0.2, -0.15) is 5.26 Å². The monoisotopic (exact) mass is 200 g/mol. The average Bonchev–Trinajstić information content (AvgIpc) is 2.65. The first-order chi connectivity index (χ1) is 6.81. The first-order valence-corrected chi connectivity index (χ1v) is 5.10. The van der Waals surface area contributed by atoms with Gasteiger partial charge in [-0.3, -0.25) is 0 Å². The smallest absolute Gasteiger partial charge is 0.132 e. The summed E-state index contributed by atoms with van der Waals surface area (Å²) in [6, 6.07) is 10.2. The summed E-state index contributed by atoms with van der Waals surface area (Å²) in [6.45, 7) is 2.03. The molecule has 68 valence electrons. The van der Waals surface area contributed by atoms with Crippen LogP contribution in [-0.2, 0) is 0 Å². The molecule has 2 rings (SSSR count). The van der Waals surface area contributed by atoms with E-state index >= 15 is 0 Å². The molecular weight excluding hydrogens is 192 g/mol. The summed E-state index contributed by atoms with van der Waals surface area (Å²) in [4.78, 5) is 4.87. The molecule has 0 saturated carbocycles. The second-order valence-electron chi connectivity index (χ2n) is 3.01. The third kappa shape index (κ3) is 1.52. The maximum absolute atomic E-state index is 8.86. The molecule has 0 fully saturated rings. The molecule has 0 aliphatic carbocycles. The number of aromatic nitrogens is 1. The topological polar surface area (TPSA) is 36.7 Å². The summed E-state index contributed by atoms with van der Waals surface area (Å²) in [5.41, 5.74) is 4.69. The van der Waals surface area contributed by atoms with Crippen LogP contribution in [0.3, 0.4) is 0 Å². The zero-order valence-corrected chi connectivity index (χ0v) is 8.51. The van der Waals surface area contributed by atoms with Gasteiger partial charge in [0.05, 0.1) is 11.2 Å². The van der Waals surface area contributed by atoms with Crippen LogP contribution in [0.25, 0.3) is 11.3 Å². The van der Waals surface area contributed by atoms with Crippen LogP contribution in [0.1, 0.15) is 10.4 Å². The first kappa shape index (κ1) is 8.92. The van der Waals surface area contributed by atoms with E-state index in [9.17, 15) is 0 Å². The Kier molecular flexibility index (Phi) is 2.30. The van der Waals surface area contributed by atoms with E-state index in [0.29, 0.717) is 4.88 Å². The van der Waals surface area contributed by atoms with Crippen LogP contribution in [0.2, 0.25) is 0 Å². The van der Waals surface area contributed by atoms with Gasteiger partial charge in [-0.25, -0.2) is 4.98 Å². The molecule has 0 aliphatic rings. The summed E-state index contributed by atoms with van der Waals surface area (Å²) >= 11 is 1.38. The molecule has 2 aromatic rings. The molecule has 3 heteroatoms. The Morgan fingerprint density at radius 3 is 3.00 bits per heavy atom. The standard InChI is InChI=1S/C11H8N2S/c1-8-3-2-4-9(5-8)11-10(6-12)14-7-13-11/h2-5,7H,1H3. The molecule has 0 N–H and O–H groups in total. The number of benzene rings is 1. The maximum atomic E-state index is 8.86. The van der Waals surface area contributed by atoms with Gasteiger partial charge in [-0.05, 0) is 13.0 Å². The lowest BCUT2D eigenvalue weighted by molar-refractivity contribution is 1.37. The number of hydrogen-bond donors (Lipinski definition) is 0. The molecule has 0 bridgehead atoms. The molecule has 1 aromatic heterocycles. The molecular formula is C11H8N2S. The van der Waals surface area contributed by atoms with Crippen molar-refractivity contribution in [3.8, 4) is 17.3 Å². The Hall–Kier alpha value is -1.66. The molecule has 1 heterocycles. The molecule has 0 unspecified atom stereocenters. The lowest BCUT2D eigenvalue weighted by Crippen LogP contribution is -1.81. The van der Waals surface area contributed by atoms with E-state index in [1.807, 2.05) is 31.2 Å². The van der Waals surface area contributed by atoms with Crippen molar-refractivity contribution >= 4 is 11.3 Å². The zero-order valence-electron chi connectivity index (χ0n) is 7.69. The molecule has 0 radical (unpaired) electrons. The molecule has 0 spiro atoms. The van der Waals surface area contributed by atoms with Crippen LogP contribution in [0.15, 0.2) is 29.8 Å². The van der Waals surface area contributed by atoms with Gasteiger partial charge in [0.25, 0.3) is 0 Å². The minimum absolute atomic E-state index is 0.676. The highest BCUT2D eigenvalue weighted by Gasteiger charge is 2.07. The molecule has 14 heavy (non-hydrogen) atoms. The minimum Gasteiger partial charge on any atom is -0.243 e. The van der Waals surface area contributed by atoms with E-state index in [4.69, 9.17) is 5.26 Å². The van der Waals surface area contributed by atoms with Gasteiger partial charge < -0.3 is 0 Å². The predicted octanol–water partition coefficient (Wildman–Crippen LogP) is 2.99. The highest BCUT2D eigenvalue weighted by Crippen LogP contribution is 2.24. The molecule has 0 amide bonds. The van der Waals surface area contributed by atoms with Gasteiger partial charge in [-0.15, -0.1) is 11.3 Å². The molecule has 0 atom stereocenters. The van der Waals surface area contributed by atoms with Crippen molar-refractivity contribution in [2.45, 2.75) is 6.92 Å². The lowest BCUT2D eigenvalue weighted by Gasteiger charge is -1.98. The molecule has 1 aromatic carbocycles. The number of nitrogens with zero attached hydrogens (tertiary/aromatic N) is 2. The zero-order chi connectivity index (χ0) is 9.97. The second kappa shape index (κ2) is 3.60. The van der Waals surface area contributed by atoms with E-state index in [1.165, 1.54) is 16.9 Å². The molecule has 0 saturated heterocycles. The van der Waals surface area contributed by atoms with Crippen molar-refractivity contribution in [1.82, 2.24) is 4.98 Å². The summed E-state index contributed by atoms with van der Waals surface area (Å²) in [6.07, 6.45) is 0. The van der Waals surface area contributed by atoms with Crippen LogP contribution in [0, 0.1) is 18.3 Å². The van der Waals surface area contributed by atoms with Gasteiger partial charge in [0.1, 0.15) is 10.9 Å². The van der Waals surface area contributed by atoms with Gasteiger partial charge in [-0.1, -0.05) is 23.8 Å². The Bertz CT molecular complexity index is 494. The van der Waals surface area contributed by atoms with Crippen LogP contribution < -0.4 is 0 Å². The fourth-order valence-electron chi connectivity index (χ4n) is 1.32. The van der Waals surface area contributed by atoms with Gasteiger partial charge >= 0.3 is 0 Å². The van der Waals surface area contributed by atoms with Gasteiger partial charge in [0.15, 0.2) is 0 Å². The van der Waals surface area contributed by atoms with Crippen molar-refractivity contribution in [1.29, 1.82) is 5.26 Å². The van der Waals surface area contributed by atoms with Crippen molar-refractivity contribution in [3.63, 3.8) is 0 Å². The Labute approximate surface area is 86.5 Å². The third-order valence-corrected chi connectivity index (χ3v) is 2.69. The van der Waals surface area contributed by atoms with Crippen molar-refractivity contribution < 1.29 is 0 Å². The number of aryl methyl sites for hydroxylation is 1. The molecule has 2 nitrogen and oxygen atoms in total. The summed E-state index contributed by atoms with van der Waals surface area (Å²) < 4.78 is 0. The average molecular weight is 200 g/mol. The summed E-state index contributed by atoms with van der Waals surface area (Å²) in [5.74, 6) is 0. The highest BCUT2D eigenvalue weighted by molar-refractivity contribution is 7.10. The number of hydrogen-bond acceptors (Lipinski definition) is 3. The Morgan fingerprint density at radius 1 is 1.43 bits per heavy atom. The third-order valence-electron chi connectivity index (χ3n) is 1.96. The number of rotatable bonds is 1. The second-order valence-corrected chi connectivity index (χ2v) is 3.87. The predicted molar refractivity (Wildman–Crippen MR) is 57.0 cm³/mol. The Morgan fingerprint density at radius 2 is 2.29 bits per heavy atom.